The van der Waals surface area contributed by atoms with Crippen LogP contribution >= 0.6 is 11.6 Å². The maximum absolute atomic E-state index is 12.7. The van der Waals surface area contributed by atoms with Gasteiger partial charge in [0.25, 0.3) is 0 Å². The van der Waals surface area contributed by atoms with Gasteiger partial charge in [-0.25, -0.2) is 0 Å². The molecule has 28 heavy (non-hydrogen) atoms. The van der Waals surface area contributed by atoms with E-state index in [2.05, 4.69) is 15.1 Å². The summed E-state index contributed by atoms with van der Waals surface area (Å²) in [6.07, 6.45) is 0. The van der Waals surface area contributed by atoms with Crippen molar-refractivity contribution in [3.05, 3.63) is 47.5 Å². The summed E-state index contributed by atoms with van der Waals surface area (Å²) in [6.45, 7) is 5.19. The summed E-state index contributed by atoms with van der Waals surface area (Å²) in [5.41, 5.74) is 1.73. The van der Waals surface area contributed by atoms with Gasteiger partial charge in [0.05, 0.1) is 31.0 Å². The van der Waals surface area contributed by atoms with E-state index in [0.717, 1.165) is 36.9 Å². The largest absolute Gasteiger partial charge is 0.493 e. The minimum Gasteiger partial charge on any atom is -0.493 e. The number of nitrogens with one attached hydrogen (secondary N) is 1. The Morgan fingerprint density at radius 2 is 1.71 bits per heavy atom. The first-order chi connectivity index (χ1) is 13.5. The number of nitrogens with zero attached hydrogens (tertiary/aromatic N) is 2. The number of carbonyl (C=O) groups excluding carboxylic acids is 1. The number of amides is 1. The van der Waals surface area contributed by atoms with Gasteiger partial charge in [0.15, 0.2) is 11.5 Å². The van der Waals surface area contributed by atoms with Gasteiger partial charge < -0.3 is 19.7 Å². The Balaban J connectivity index is 1.58. The Morgan fingerprint density at radius 3 is 2.36 bits per heavy atom. The van der Waals surface area contributed by atoms with Crippen molar-refractivity contribution in [3.8, 4) is 11.5 Å². The van der Waals surface area contributed by atoms with E-state index in [-0.39, 0.29) is 11.9 Å². The summed E-state index contributed by atoms with van der Waals surface area (Å²) < 4.78 is 10.5. The summed E-state index contributed by atoms with van der Waals surface area (Å²) in [6, 6.07) is 13.0. The summed E-state index contributed by atoms with van der Waals surface area (Å²) in [5.74, 6) is 1.17. The number of carbonyl (C=O) groups is 1. The molecule has 0 radical (unpaired) electrons. The summed E-state index contributed by atoms with van der Waals surface area (Å²) in [5, 5.41) is 3.73. The highest BCUT2D eigenvalue weighted by Gasteiger charge is 2.26. The van der Waals surface area contributed by atoms with Crippen LogP contribution in [-0.4, -0.2) is 57.2 Å². The molecule has 0 aliphatic carbocycles. The van der Waals surface area contributed by atoms with Crippen molar-refractivity contribution in [3.63, 3.8) is 0 Å². The van der Waals surface area contributed by atoms with E-state index >= 15 is 0 Å². The van der Waals surface area contributed by atoms with E-state index < -0.39 is 0 Å². The molecule has 7 heteroatoms. The molecule has 1 atom stereocenters. The van der Waals surface area contributed by atoms with E-state index in [1.165, 1.54) is 0 Å². The van der Waals surface area contributed by atoms with Gasteiger partial charge in [0.2, 0.25) is 5.91 Å². The number of benzene rings is 2. The first-order valence-corrected chi connectivity index (χ1v) is 9.67. The van der Waals surface area contributed by atoms with Crippen molar-refractivity contribution >= 4 is 28.9 Å². The van der Waals surface area contributed by atoms with Gasteiger partial charge in [-0.3, -0.25) is 9.69 Å². The molecular formula is C21H26ClN3O3. The highest BCUT2D eigenvalue weighted by atomic mass is 35.5. The van der Waals surface area contributed by atoms with E-state index in [4.69, 9.17) is 21.1 Å². The number of hydrogen-bond donors (Lipinski definition) is 1. The van der Waals surface area contributed by atoms with Crippen LogP contribution in [0.5, 0.6) is 11.5 Å². The van der Waals surface area contributed by atoms with Crippen LogP contribution < -0.4 is 19.7 Å². The molecule has 0 spiro atoms. The van der Waals surface area contributed by atoms with Gasteiger partial charge in [-0.2, -0.15) is 0 Å². The van der Waals surface area contributed by atoms with E-state index in [9.17, 15) is 4.79 Å². The van der Waals surface area contributed by atoms with Crippen LogP contribution in [0.4, 0.5) is 11.4 Å². The third-order valence-electron chi connectivity index (χ3n) is 5.09. The van der Waals surface area contributed by atoms with Crippen molar-refractivity contribution in [1.29, 1.82) is 0 Å². The van der Waals surface area contributed by atoms with Gasteiger partial charge in [-0.05, 0) is 31.2 Å². The summed E-state index contributed by atoms with van der Waals surface area (Å²) in [7, 11) is 3.16. The monoisotopic (exact) mass is 403 g/mol. The Morgan fingerprint density at radius 1 is 1.04 bits per heavy atom. The second-order valence-corrected chi connectivity index (χ2v) is 7.12. The number of rotatable bonds is 6. The molecular weight excluding hydrogens is 378 g/mol. The SMILES string of the molecule is COc1ccc(NC(=O)[C@H](C)N2CCN(c3ccccc3Cl)CC2)cc1OC. The molecule has 1 saturated heterocycles. The molecule has 1 N–H and O–H groups in total. The van der Waals surface area contributed by atoms with Gasteiger partial charge in [-0.15, -0.1) is 0 Å². The molecule has 1 heterocycles. The molecule has 150 valence electrons. The standard InChI is InChI=1S/C21H26ClN3O3/c1-15(21(26)23-16-8-9-19(27-2)20(14-16)28-3)24-10-12-25(13-11-24)18-7-5-4-6-17(18)22/h4-9,14-15H,10-13H2,1-3H3,(H,23,26)/t15-/m0/s1. The Bertz CT molecular complexity index is 822. The fourth-order valence-corrected chi connectivity index (χ4v) is 3.64. The lowest BCUT2D eigenvalue weighted by molar-refractivity contribution is -0.120. The third kappa shape index (κ3) is 4.51. The molecule has 2 aromatic rings. The highest BCUT2D eigenvalue weighted by molar-refractivity contribution is 6.33. The minimum atomic E-state index is -0.235. The lowest BCUT2D eigenvalue weighted by Gasteiger charge is -2.38. The quantitative estimate of drug-likeness (QED) is 0.799. The van der Waals surface area contributed by atoms with Gasteiger partial charge in [0, 0.05) is 37.9 Å². The molecule has 2 aromatic carbocycles. The second-order valence-electron chi connectivity index (χ2n) is 6.71. The first kappa shape index (κ1) is 20.3. The number of hydrogen-bond acceptors (Lipinski definition) is 5. The van der Waals surface area contributed by atoms with Crippen molar-refractivity contribution in [1.82, 2.24) is 4.90 Å². The predicted octanol–water partition coefficient (Wildman–Crippen LogP) is 3.51. The average Bonchev–Trinajstić information content (AvgIpc) is 2.73. The number of methoxy groups -OCH3 is 2. The maximum atomic E-state index is 12.7. The lowest BCUT2D eigenvalue weighted by atomic mass is 10.2. The Kier molecular flexibility index (Phi) is 6.65. The van der Waals surface area contributed by atoms with Crippen LogP contribution in [0.3, 0.4) is 0 Å². The van der Waals surface area contributed by atoms with Crippen LogP contribution in [0.1, 0.15) is 6.92 Å². The number of halogens is 1. The molecule has 0 aromatic heterocycles. The van der Waals surface area contributed by atoms with Crippen molar-refractivity contribution in [2.75, 3.05) is 50.6 Å². The summed E-state index contributed by atoms with van der Waals surface area (Å²) in [4.78, 5) is 17.2. The van der Waals surface area contributed by atoms with Crippen LogP contribution in [0, 0.1) is 0 Å². The zero-order valence-corrected chi connectivity index (χ0v) is 17.2. The summed E-state index contributed by atoms with van der Waals surface area (Å²) >= 11 is 6.30. The number of para-hydroxylation sites is 1. The van der Waals surface area contributed by atoms with Crippen LogP contribution in [-0.2, 0) is 4.79 Å². The minimum absolute atomic E-state index is 0.0431. The fourth-order valence-electron chi connectivity index (χ4n) is 3.38. The number of ether oxygens (including phenoxy) is 2. The molecule has 1 aliphatic heterocycles. The molecule has 1 fully saturated rings. The Hall–Kier alpha value is -2.44. The number of anilines is 2. The molecule has 1 amide bonds. The number of piperazine rings is 1. The van der Waals surface area contributed by atoms with Crippen LogP contribution in [0.15, 0.2) is 42.5 Å². The first-order valence-electron chi connectivity index (χ1n) is 9.30. The van der Waals surface area contributed by atoms with Crippen molar-refractivity contribution in [2.24, 2.45) is 0 Å². The maximum Gasteiger partial charge on any atom is 0.241 e. The van der Waals surface area contributed by atoms with Gasteiger partial charge >= 0.3 is 0 Å². The Labute approximate surface area is 171 Å². The molecule has 0 saturated carbocycles. The van der Waals surface area contributed by atoms with Crippen LogP contribution in [0.25, 0.3) is 0 Å². The van der Waals surface area contributed by atoms with E-state index in [0.29, 0.717) is 17.2 Å². The highest BCUT2D eigenvalue weighted by Crippen LogP contribution is 2.30. The zero-order valence-electron chi connectivity index (χ0n) is 16.4. The molecule has 0 bridgehead atoms. The van der Waals surface area contributed by atoms with E-state index in [1.807, 2.05) is 31.2 Å². The zero-order chi connectivity index (χ0) is 20.1. The molecule has 6 nitrogen and oxygen atoms in total. The van der Waals surface area contributed by atoms with Gasteiger partial charge in [0.1, 0.15) is 0 Å². The van der Waals surface area contributed by atoms with E-state index in [1.54, 1.807) is 32.4 Å². The lowest BCUT2D eigenvalue weighted by Crippen LogP contribution is -2.52. The molecule has 0 unspecified atom stereocenters. The van der Waals surface area contributed by atoms with Crippen molar-refractivity contribution in [2.45, 2.75) is 13.0 Å². The topological polar surface area (TPSA) is 54.0 Å². The molecule has 1 aliphatic rings. The average molecular weight is 404 g/mol. The fraction of sp³-hybridized carbons (Fsp3) is 0.381. The van der Waals surface area contributed by atoms with Gasteiger partial charge in [-0.1, -0.05) is 23.7 Å². The van der Waals surface area contributed by atoms with Crippen LogP contribution in [0.2, 0.25) is 5.02 Å². The van der Waals surface area contributed by atoms with Crippen molar-refractivity contribution < 1.29 is 14.3 Å². The smallest absolute Gasteiger partial charge is 0.241 e. The second kappa shape index (κ2) is 9.17. The normalized spacial score (nSPS) is 15.8. The predicted molar refractivity (Wildman–Crippen MR) is 113 cm³/mol. The third-order valence-corrected chi connectivity index (χ3v) is 5.41. The molecule has 3 rings (SSSR count).